The Hall–Kier alpha value is -1.29. The van der Waals surface area contributed by atoms with Gasteiger partial charge in [0.25, 0.3) is 0 Å². The van der Waals surface area contributed by atoms with E-state index in [9.17, 15) is 0 Å². The molecule has 0 spiro atoms. The number of imidazole rings is 1. The highest BCUT2D eigenvalue weighted by atomic mass is 79.9. The van der Waals surface area contributed by atoms with Gasteiger partial charge < -0.3 is 9.88 Å². The molecule has 1 aliphatic rings. The number of aromatic nitrogens is 2. The molecule has 0 amide bonds. The van der Waals surface area contributed by atoms with E-state index in [1.54, 1.807) is 0 Å². The molecule has 1 aromatic heterocycles. The van der Waals surface area contributed by atoms with E-state index in [0.717, 1.165) is 17.0 Å². The normalized spacial score (nSPS) is 14.9. The average molecular weight is 292 g/mol. The third-order valence-corrected chi connectivity index (χ3v) is 3.50. The van der Waals surface area contributed by atoms with Crippen LogP contribution in [0.5, 0.6) is 0 Å². The third-order valence-electron chi connectivity index (χ3n) is 2.97. The smallest absolute Gasteiger partial charge is 0.203 e. The quantitative estimate of drug-likeness (QED) is 0.933. The highest BCUT2D eigenvalue weighted by Gasteiger charge is 2.25. The Morgan fingerprint density at radius 3 is 2.76 bits per heavy atom. The summed E-state index contributed by atoms with van der Waals surface area (Å²) in [7, 11) is 0. The summed E-state index contributed by atoms with van der Waals surface area (Å²) in [6, 6.07) is 9.02. The SMILES string of the molecule is Brc1ccc(CNc2nccn2C2CC2)cc1. The van der Waals surface area contributed by atoms with Crippen LogP contribution in [-0.4, -0.2) is 9.55 Å². The number of nitrogens with one attached hydrogen (secondary N) is 1. The third kappa shape index (κ3) is 2.52. The summed E-state index contributed by atoms with van der Waals surface area (Å²) in [4.78, 5) is 4.35. The highest BCUT2D eigenvalue weighted by molar-refractivity contribution is 9.10. The standard InChI is InChI=1S/C13H14BrN3/c14-11-3-1-10(2-4-11)9-16-13-15-7-8-17(13)12-5-6-12/h1-4,7-8,12H,5-6,9H2,(H,15,16). The molecular weight excluding hydrogens is 278 g/mol. The summed E-state index contributed by atoms with van der Waals surface area (Å²) in [5, 5.41) is 3.39. The van der Waals surface area contributed by atoms with Gasteiger partial charge in [-0.25, -0.2) is 4.98 Å². The van der Waals surface area contributed by atoms with E-state index in [0.29, 0.717) is 6.04 Å². The monoisotopic (exact) mass is 291 g/mol. The zero-order chi connectivity index (χ0) is 11.7. The van der Waals surface area contributed by atoms with Crippen LogP contribution in [0.3, 0.4) is 0 Å². The maximum atomic E-state index is 4.35. The molecule has 0 radical (unpaired) electrons. The van der Waals surface area contributed by atoms with Crippen molar-refractivity contribution in [3.63, 3.8) is 0 Å². The Labute approximate surface area is 109 Å². The van der Waals surface area contributed by atoms with Crippen LogP contribution >= 0.6 is 15.9 Å². The summed E-state index contributed by atoms with van der Waals surface area (Å²) in [5.74, 6) is 0.982. The minimum Gasteiger partial charge on any atom is -0.352 e. The van der Waals surface area contributed by atoms with Crippen LogP contribution in [0, 0.1) is 0 Å². The summed E-state index contributed by atoms with van der Waals surface area (Å²) < 4.78 is 3.35. The maximum absolute atomic E-state index is 4.35. The minimum atomic E-state index is 0.671. The second-order valence-electron chi connectivity index (χ2n) is 4.37. The van der Waals surface area contributed by atoms with Gasteiger partial charge in [0.1, 0.15) is 0 Å². The van der Waals surface area contributed by atoms with E-state index in [4.69, 9.17) is 0 Å². The van der Waals surface area contributed by atoms with Crippen LogP contribution < -0.4 is 5.32 Å². The van der Waals surface area contributed by atoms with Gasteiger partial charge in [-0.15, -0.1) is 0 Å². The predicted molar refractivity (Wildman–Crippen MR) is 72.0 cm³/mol. The van der Waals surface area contributed by atoms with Crippen molar-refractivity contribution in [2.24, 2.45) is 0 Å². The van der Waals surface area contributed by atoms with Crippen LogP contribution in [0.2, 0.25) is 0 Å². The first-order valence-corrected chi connectivity index (χ1v) is 6.63. The number of benzene rings is 1. The predicted octanol–water partition coefficient (Wildman–Crippen LogP) is 3.59. The largest absolute Gasteiger partial charge is 0.352 e. The van der Waals surface area contributed by atoms with Gasteiger partial charge >= 0.3 is 0 Å². The van der Waals surface area contributed by atoms with Gasteiger partial charge in [0.2, 0.25) is 5.95 Å². The van der Waals surface area contributed by atoms with E-state index >= 15 is 0 Å². The number of nitrogens with zero attached hydrogens (tertiary/aromatic N) is 2. The van der Waals surface area contributed by atoms with Gasteiger partial charge in [0.15, 0.2) is 0 Å². The Bertz CT molecular complexity index is 500. The molecule has 0 aliphatic heterocycles. The van der Waals surface area contributed by atoms with Crippen LogP contribution in [-0.2, 0) is 6.54 Å². The minimum absolute atomic E-state index is 0.671. The van der Waals surface area contributed by atoms with Crippen molar-refractivity contribution in [1.82, 2.24) is 9.55 Å². The first kappa shape index (κ1) is 10.8. The van der Waals surface area contributed by atoms with Crippen molar-refractivity contribution in [3.05, 3.63) is 46.7 Å². The molecule has 0 bridgehead atoms. The second kappa shape index (κ2) is 4.53. The Morgan fingerprint density at radius 1 is 1.29 bits per heavy atom. The molecule has 1 aromatic carbocycles. The molecule has 17 heavy (non-hydrogen) atoms. The van der Waals surface area contributed by atoms with Crippen LogP contribution in [0.1, 0.15) is 24.4 Å². The molecule has 2 aromatic rings. The van der Waals surface area contributed by atoms with E-state index in [-0.39, 0.29) is 0 Å². The lowest BCUT2D eigenvalue weighted by Gasteiger charge is -2.08. The molecule has 88 valence electrons. The number of hydrogen-bond acceptors (Lipinski definition) is 2. The Kier molecular flexibility index (Phi) is 2.89. The van der Waals surface area contributed by atoms with Gasteiger partial charge in [-0.05, 0) is 30.5 Å². The Balaban J connectivity index is 1.67. The highest BCUT2D eigenvalue weighted by Crippen LogP contribution is 2.36. The number of anilines is 1. The average Bonchev–Trinajstić information content (AvgIpc) is 3.08. The van der Waals surface area contributed by atoms with Crippen molar-refractivity contribution in [3.8, 4) is 0 Å². The molecule has 3 nitrogen and oxygen atoms in total. The fourth-order valence-corrected chi connectivity index (χ4v) is 2.15. The lowest BCUT2D eigenvalue weighted by Crippen LogP contribution is -2.06. The zero-order valence-electron chi connectivity index (χ0n) is 9.44. The molecule has 1 N–H and O–H groups in total. The number of halogens is 1. The lowest BCUT2D eigenvalue weighted by molar-refractivity contribution is 0.743. The molecular formula is C13H14BrN3. The van der Waals surface area contributed by atoms with Crippen molar-refractivity contribution in [2.75, 3.05) is 5.32 Å². The molecule has 1 fully saturated rings. The number of hydrogen-bond donors (Lipinski definition) is 1. The van der Waals surface area contributed by atoms with Crippen molar-refractivity contribution in [1.29, 1.82) is 0 Å². The van der Waals surface area contributed by atoms with Crippen LogP contribution in [0.25, 0.3) is 0 Å². The lowest BCUT2D eigenvalue weighted by atomic mass is 10.2. The summed E-state index contributed by atoms with van der Waals surface area (Å²) >= 11 is 3.44. The van der Waals surface area contributed by atoms with E-state index < -0.39 is 0 Å². The molecule has 1 aliphatic carbocycles. The van der Waals surface area contributed by atoms with Crippen molar-refractivity contribution in [2.45, 2.75) is 25.4 Å². The van der Waals surface area contributed by atoms with Gasteiger partial charge in [-0.2, -0.15) is 0 Å². The second-order valence-corrected chi connectivity index (χ2v) is 5.28. The molecule has 0 atom stereocenters. The zero-order valence-corrected chi connectivity index (χ0v) is 11.0. The fourth-order valence-electron chi connectivity index (χ4n) is 1.88. The van der Waals surface area contributed by atoms with E-state index in [2.05, 4.69) is 61.3 Å². The van der Waals surface area contributed by atoms with Crippen LogP contribution in [0.15, 0.2) is 41.1 Å². The van der Waals surface area contributed by atoms with Crippen LogP contribution in [0.4, 0.5) is 5.95 Å². The van der Waals surface area contributed by atoms with Gasteiger partial charge in [-0.3, -0.25) is 0 Å². The summed E-state index contributed by atoms with van der Waals surface area (Å²) in [6.45, 7) is 0.816. The van der Waals surface area contributed by atoms with E-state index in [1.807, 2.05) is 6.20 Å². The summed E-state index contributed by atoms with van der Waals surface area (Å²) in [5.41, 5.74) is 1.26. The molecule has 1 saturated carbocycles. The first-order chi connectivity index (χ1) is 8.33. The van der Waals surface area contributed by atoms with Crippen molar-refractivity contribution < 1.29 is 0 Å². The van der Waals surface area contributed by atoms with Gasteiger partial charge in [0, 0.05) is 29.5 Å². The molecule has 3 rings (SSSR count). The number of rotatable bonds is 4. The molecule has 0 saturated heterocycles. The summed E-state index contributed by atoms with van der Waals surface area (Å²) in [6.07, 6.45) is 6.48. The maximum Gasteiger partial charge on any atom is 0.203 e. The Morgan fingerprint density at radius 2 is 2.06 bits per heavy atom. The fraction of sp³-hybridized carbons (Fsp3) is 0.308. The molecule has 1 heterocycles. The molecule has 4 heteroatoms. The van der Waals surface area contributed by atoms with E-state index in [1.165, 1.54) is 18.4 Å². The van der Waals surface area contributed by atoms with Gasteiger partial charge in [-0.1, -0.05) is 28.1 Å². The van der Waals surface area contributed by atoms with Crippen molar-refractivity contribution >= 4 is 21.9 Å². The first-order valence-electron chi connectivity index (χ1n) is 5.84. The topological polar surface area (TPSA) is 29.9 Å². The molecule has 0 unspecified atom stereocenters. The van der Waals surface area contributed by atoms with Gasteiger partial charge in [0.05, 0.1) is 0 Å².